The van der Waals surface area contributed by atoms with Gasteiger partial charge in [0.2, 0.25) is 15.9 Å². The van der Waals surface area contributed by atoms with E-state index in [9.17, 15) is 13.2 Å². The molecule has 3 rings (SSSR count). The van der Waals surface area contributed by atoms with Crippen LogP contribution in [0.15, 0.2) is 41.3 Å². The number of likely N-dealkylation sites (tertiary alicyclic amines) is 1. The number of fused-ring (bicyclic) bond motifs is 1. The number of piperidine rings is 1. The number of benzene rings is 2. The molecule has 1 amide bonds. The highest BCUT2D eigenvalue weighted by molar-refractivity contribution is 7.89. The lowest BCUT2D eigenvalue weighted by Crippen LogP contribution is -2.42. The molecule has 1 unspecified atom stereocenters. The Hall–Kier alpha value is -2.16. The third-order valence-electron chi connectivity index (χ3n) is 5.20. The van der Waals surface area contributed by atoms with Crippen molar-refractivity contribution < 1.29 is 17.9 Å². The summed E-state index contributed by atoms with van der Waals surface area (Å²) in [4.78, 5) is 13.8. The fraction of sp³-hybridized carbons (Fsp3) is 0.450. The van der Waals surface area contributed by atoms with Crippen molar-refractivity contribution in [3.05, 3.63) is 36.4 Å². The van der Waals surface area contributed by atoms with Crippen LogP contribution in [0.3, 0.4) is 0 Å². The minimum atomic E-state index is -3.64. The molecule has 1 aliphatic heterocycles. The highest BCUT2D eigenvalue weighted by Gasteiger charge is 2.24. The molecule has 0 aromatic heterocycles. The summed E-state index contributed by atoms with van der Waals surface area (Å²) < 4.78 is 33.6. The smallest absolute Gasteiger partial charge is 0.241 e. The molecule has 1 aliphatic rings. The molecule has 2 aromatic carbocycles. The lowest BCUT2D eigenvalue weighted by Gasteiger charge is -2.31. The number of carbonyl (C=O) groups excluding carboxylic acids is 1. The number of carbonyl (C=O) groups is 1. The van der Waals surface area contributed by atoms with Gasteiger partial charge in [0.1, 0.15) is 5.75 Å². The summed E-state index contributed by atoms with van der Waals surface area (Å²) in [6.07, 6.45) is 2.44. The van der Waals surface area contributed by atoms with Gasteiger partial charge in [-0.25, -0.2) is 13.1 Å². The van der Waals surface area contributed by atoms with E-state index in [1.165, 1.54) is 0 Å². The molecule has 7 nitrogen and oxygen atoms in total. The van der Waals surface area contributed by atoms with E-state index in [2.05, 4.69) is 9.62 Å². The third-order valence-corrected chi connectivity index (χ3v) is 6.72. The molecule has 0 radical (unpaired) electrons. The quantitative estimate of drug-likeness (QED) is 0.651. The summed E-state index contributed by atoms with van der Waals surface area (Å²) in [6.45, 7) is 2.64. The molecule has 28 heavy (non-hydrogen) atoms. The van der Waals surface area contributed by atoms with Crippen LogP contribution in [-0.4, -0.2) is 52.5 Å². The Bertz CT molecular complexity index is 946. The Morgan fingerprint density at radius 3 is 2.71 bits per heavy atom. The van der Waals surface area contributed by atoms with E-state index in [0.29, 0.717) is 30.6 Å². The minimum absolute atomic E-state index is 0.101. The molecule has 2 aromatic rings. The number of nitrogens with zero attached hydrogens (tertiary/aromatic N) is 1. The van der Waals surface area contributed by atoms with Gasteiger partial charge < -0.3 is 15.4 Å². The van der Waals surface area contributed by atoms with Crippen molar-refractivity contribution in [1.29, 1.82) is 0 Å². The summed E-state index contributed by atoms with van der Waals surface area (Å²) in [5, 5.41) is 1.40. The second-order valence-electron chi connectivity index (χ2n) is 7.10. The monoisotopic (exact) mass is 405 g/mol. The number of hydrogen-bond acceptors (Lipinski definition) is 5. The molecule has 0 bridgehead atoms. The van der Waals surface area contributed by atoms with Crippen LogP contribution in [-0.2, 0) is 14.8 Å². The second-order valence-corrected chi connectivity index (χ2v) is 8.84. The first-order valence-electron chi connectivity index (χ1n) is 9.49. The van der Waals surface area contributed by atoms with Crippen LogP contribution in [0.25, 0.3) is 10.8 Å². The normalized spacial score (nSPS) is 18.2. The van der Waals surface area contributed by atoms with Crippen LogP contribution in [0, 0.1) is 5.92 Å². The molecule has 1 fully saturated rings. The highest BCUT2D eigenvalue weighted by atomic mass is 32.2. The first-order valence-corrected chi connectivity index (χ1v) is 11.0. The molecule has 1 saturated heterocycles. The zero-order valence-corrected chi connectivity index (χ0v) is 16.9. The van der Waals surface area contributed by atoms with Crippen molar-refractivity contribution in [2.24, 2.45) is 11.7 Å². The average molecular weight is 406 g/mol. The number of rotatable bonds is 8. The van der Waals surface area contributed by atoms with E-state index < -0.39 is 10.0 Å². The molecule has 1 heterocycles. The molecule has 0 spiro atoms. The van der Waals surface area contributed by atoms with E-state index in [0.717, 1.165) is 31.3 Å². The van der Waals surface area contributed by atoms with Gasteiger partial charge in [-0.2, -0.15) is 0 Å². The van der Waals surface area contributed by atoms with Crippen LogP contribution >= 0.6 is 0 Å². The van der Waals surface area contributed by atoms with Crippen molar-refractivity contribution in [3.63, 3.8) is 0 Å². The summed E-state index contributed by atoms with van der Waals surface area (Å²) in [7, 11) is -2.07. The van der Waals surface area contributed by atoms with Gasteiger partial charge in [-0.05, 0) is 44.5 Å². The summed E-state index contributed by atoms with van der Waals surface area (Å²) >= 11 is 0. The van der Waals surface area contributed by atoms with E-state index >= 15 is 0 Å². The summed E-state index contributed by atoms with van der Waals surface area (Å²) in [5.41, 5.74) is 5.41. The number of hydrogen-bond donors (Lipinski definition) is 2. The molecule has 1 atom stereocenters. The predicted octanol–water partition coefficient (Wildman–Crippen LogP) is 1.71. The van der Waals surface area contributed by atoms with Crippen LogP contribution in [0.5, 0.6) is 5.75 Å². The van der Waals surface area contributed by atoms with Crippen LogP contribution < -0.4 is 15.2 Å². The van der Waals surface area contributed by atoms with Gasteiger partial charge in [-0.1, -0.05) is 24.3 Å². The molecule has 152 valence electrons. The largest absolute Gasteiger partial charge is 0.496 e. The number of sulfonamides is 1. The maximum absolute atomic E-state index is 12.8. The van der Waals surface area contributed by atoms with Gasteiger partial charge >= 0.3 is 0 Å². The van der Waals surface area contributed by atoms with Crippen LogP contribution in [0.2, 0.25) is 0 Å². The Morgan fingerprint density at radius 2 is 2.00 bits per heavy atom. The lowest BCUT2D eigenvalue weighted by atomic mass is 9.97. The predicted molar refractivity (Wildman–Crippen MR) is 109 cm³/mol. The Labute approximate surface area is 165 Å². The first kappa shape index (κ1) is 20.6. The van der Waals surface area contributed by atoms with Crippen molar-refractivity contribution in [3.8, 4) is 5.75 Å². The number of methoxy groups -OCH3 is 1. The Morgan fingerprint density at radius 1 is 1.25 bits per heavy atom. The summed E-state index contributed by atoms with van der Waals surface area (Å²) in [6, 6.07) is 10.5. The minimum Gasteiger partial charge on any atom is -0.496 e. The van der Waals surface area contributed by atoms with Gasteiger partial charge in [-0.3, -0.25) is 4.79 Å². The maximum Gasteiger partial charge on any atom is 0.241 e. The van der Waals surface area contributed by atoms with Crippen molar-refractivity contribution in [1.82, 2.24) is 9.62 Å². The average Bonchev–Trinajstić information content (AvgIpc) is 2.70. The van der Waals surface area contributed by atoms with Gasteiger partial charge in [0.05, 0.1) is 17.9 Å². The number of amides is 1. The van der Waals surface area contributed by atoms with Gasteiger partial charge in [0.15, 0.2) is 0 Å². The lowest BCUT2D eigenvalue weighted by molar-refractivity contribution is -0.123. The zero-order chi connectivity index (χ0) is 20.1. The third kappa shape index (κ3) is 4.63. The SMILES string of the molecule is COc1ccc(S(=O)(=O)NCCCN2CCCC(C(N)=O)C2)c2ccccc12. The Kier molecular flexibility index (Phi) is 6.53. The fourth-order valence-electron chi connectivity index (χ4n) is 3.73. The molecule has 0 saturated carbocycles. The standard InChI is InChI=1S/C20H27N3O4S/c1-27-18-9-10-19(17-8-3-2-7-16(17)18)28(25,26)22-11-5-13-23-12-4-6-15(14-23)20(21)24/h2-3,7-10,15,22H,4-6,11-14H2,1H3,(H2,21,24). The van der Waals surface area contributed by atoms with E-state index in [1.807, 2.05) is 18.2 Å². The topological polar surface area (TPSA) is 102 Å². The van der Waals surface area contributed by atoms with Crippen molar-refractivity contribution in [2.45, 2.75) is 24.2 Å². The van der Waals surface area contributed by atoms with E-state index in [1.54, 1.807) is 25.3 Å². The van der Waals surface area contributed by atoms with Gasteiger partial charge in [-0.15, -0.1) is 0 Å². The number of ether oxygens (including phenoxy) is 1. The van der Waals surface area contributed by atoms with Crippen LogP contribution in [0.4, 0.5) is 0 Å². The zero-order valence-electron chi connectivity index (χ0n) is 16.1. The second kappa shape index (κ2) is 8.89. The molecule has 0 aliphatic carbocycles. The van der Waals surface area contributed by atoms with Gasteiger partial charge in [0.25, 0.3) is 0 Å². The van der Waals surface area contributed by atoms with E-state index in [4.69, 9.17) is 10.5 Å². The number of primary amides is 1. The molecular weight excluding hydrogens is 378 g/mol. The highest BCUT2D eigenvalue weighted by Crippen LogP contribution is 2.30. The fourth-order valence-corrected chi connectivity index (χ4v) is 5.02. The number of nitrogens with one attached hydrogen (secondary N) is 1. The molecular formula is C20H27N3O4S. The van der Waals surface area contributed by atoms with Crippen LogP contribution in [0.1, 0.15) is 19.3 Å². The van der Waals surface area contributed by atoms with Crippen molar-refractivity contribution >= 4 is 26.7 Å². The molecule has 8 heteroatoms. The molecule has 3 N–H and O–H groups in total. The first-order chi connectivity index (χ1) is 13.4. The summed E-state index contributed by atoms with van der Waals surface area (Å²) in [5.74, 6) is 0.288. The van der Waals surface area contributed by atoms with Gasteiger partial charge in [0, 0.05) is 23.9 Å². The maximum atomic E-state index is 12.8. The van der Waals surface area contributed by atoms with E-state index in [-0.39, 0.29) is 16.7 Å². The van der Waals surface area contributed by atoms with Crippen molar-refractivity contribution in [2.75, 3.05) is 33.3 Å². The Balaban J connectivity index is 1.62. The number of nitrogens with two attached hydrogens (primary N) is 1.